The second-order valence-corrected chi connectivity index (χ2v) is 12.0. The minimum atomic E-state index is -0.942. The van der Waals surface area contributed by atoms with Gasteiger partial charge in [0.1, 0.15) is 5.54 Å². The first-order valence-electron chi connectivity index (χ1n) is 14.2. The molecule has 2 amide bonds. The number of nitrogens with zero attached hydrogens (tertiary/aromatic N) is 4. The van der Waals surface area contributed by atoms with Crippen LogP contribution in [-0.4, -0.2) is 68.9 Å². The predicted octanol–water partition coefficient (Wildman–Crippen LogP) is 4.46. The maximum absolute atomic E-state index is 13.9. The van der Waals surface area contributed by atoms with Gasteiger partial charge in [-0.1, -0.05) is 51.7 Å². The molecule has 3 unspecified atom stereocenters. The minimum Gasteiger partial charge on any atom is -0.351 e. The van der Waals surface area contributed by atoms with E-state index in [1.54, 1.807) is 0 Å². The van der Waals surface area contributed by atoms with Crippen molar-refractivity contribution < 1.29 is 9.59 Å². The lowest BCUT2D eigenvalue weighted by Crippen LogP contribution is -2.65. The molecule has 2 aliphatic heterocycles. The number of nitrogens with one attached hydrogen (secondary N) is 1. The van der Waals surface area contributed by atoms with Crippen LogP contribution in [0.5, 0.6) is 0 Å². The average molecular weight is 494 g/mol. The number of rotatable bonds is 6. The van der Waals surface area contributed by atoms with Gasteiger partial charge in [-0.3, -0.25) is 9.59 Å². The van der Waals surface area contributed by atoms with Crippen LogP contribution >= 0.6 is 0 Å². The van der Waals surface area contributed by atoms with Gasteiger partial charge >= 0.3 is 0 Å². The quantitative estimate of drug-likeness (QED) is 0.604. The van der Waals surface area contributed by atoms with Crippen LogP contribution in [-0.2, 0) is 11.3 Å². The molecule has 0 spiro atoms. The molecule has 0 bridgehead atoms. The Morgan fingerprint density at radius 1 is 1.06 bits per heavy atom. The van der Waals surface area contributed by atoms with Gasteiger partial charge in [0.15, 0.2) is 5.82 Å². The van der Waals surface area contributed by atoms with Gasteiger partial charge in [-0.05, 0) is 63.1 Å². The monoisotopic (exact) mass is 493 g/mol. The molecule has 5 rings (SSSR count). The molecule has 2 aromatic rings. The molecule has 1 aromatic carbocycles. The number of amides is 2. The van der Waals surface area contributed by atoms with E-state index in [0.29, 0.717) is 30.7 Å². The summed E-state index contributed by atoms with van der Waals surface area (Å²) in [4.78, 5) is 36.9. The van der Waals surface area contributed by atoms with Gasteiger partial charge < -0.3 is 19.7 Å². The molecule has 196 valence electrons. The van der Waals surface area contributed by atoms with Crippen molar-refractivity contribution in [1.82, 2.24) is 24.7 Å². The third-order valence-electron chi connectivity index (χ3n) is 8.63. The summed E-state index contributed by atoms with van der Waals surface area (Å²) < 4.78 is 1.97. The molecule has 3 aliphatic rings. The third-order valence-corrected chi connectivity index (χ3v) is 8.63. The molecule has 1 saturated heterocycles. The standard InChI is InChI=1S/C29H43N5O2/c1-21-17-22(2)19-32(18-21)15-10-16-34-27(35)26-31-24-13-8-9-14-25(24)33(26)20-29(34,3)28(36)30-23-11-6-4-5-7-12-23/h8-9,13-14,21-23H,4-7,10-12,15-20H2,1-3H3,(H,30,36). The maximum Gasteiger partial charge on any atom is 0.290 e. The topological polar surface area (TPSA) is 70.5 Å². The molecule has 2 fully saturated rings. The van der Waals surface area contributed by atoms with Gasteiger partial charge in [0.05, 0.1) is 17.6 Å². The lowest BCUT2D eigenvalue weighted by atomic mass is 9.91. The molecule has 0 radical (unpaired) electrons. The number of piperidine rings is 1. The molecular weight excluding hydrogens is 450 g/mol. The highest BCUT2D eigenvalue weighted by Crippen LogP contribution is 2.31. The van der Waals surface area contributed by atoms with Gasteiger partial charge in [-0.25, -0.2) is 4.98 Å². The van der Waals surface area contributed by atoms with Crippen LogP contribution in [0.25, 0.3) is 11.0 Å². The second-order valence-electron chi connectivity index (χ2n) is 12.0. The van der Waals surface area contributed by atoms with Crippen LogP contribution in [0.3, 0.4) is 0 Å². The Labute approximate surface area is 215 Å². The number of carbonyl (C=O) groups is 2. The first-order valence-corrected chi connectivity index (χ1v) is 14.2. The number of hydrogen-bond acceptors (Lipinski definition) is 4. The maximum atomic E-state index is 13.9. The highest BCUT2D eigenvalue weighted by atomic mass is 16.2. The van der Waals surface area contributed by atoms with Crippen molar-refractivity contribution in [3.05, 3.63) is 30.1 Å². The highest BCUT2D eigenvalue weighted by molar-refractivity contribution is 6.01. The molecule has 1 saturated carbocycles. The SMILES string of the molecule is CC1CC(C)CN(CCCN2C(=O)c3nc4ccccc4n3CC2(C)C(=O)NC2CCCCCC2)C1. The predicted molar refractivity (Wildman–Crippen MR) is 143 cm³/mol. The fraction of sp³-hybridized carbons (Fsp3) is 0.690. The van der Waals surface area contributed by atoms with Crippen molar-refractivity contribution in [2.24, 2.45) is 11.8 Å². The van der Waals surface area contributed by atoms with Gasteiger partial charge in [-0.2, -0.15) is 0 Å². The van der Waals surface area contributed by atoms with Crippen molar-refractivity contribution in [3.8, 4) is 0 Å². The minimum absolute atomic E-state index is 0.0219. The van der Waals surface area contributed by atoms with Gasteiger partial charge in [0, 0.05) is 25.7 Å². The summed E-state index contributed by atoms with van der Waals surface area (Å²) in [6, 6.07) is 8.06. The van der Waals surface area contributed by atoms with Gasteiger partial charge in [0.2, 0.25) is 5.91 Å². The number of carbonyl (C=O) groups excluding carboxylic acids is 2. The van der Waals surface area contributed by atoms with E-state index in [0.717, 1.165) is 62.8 Å². The number of benzene rings is 1. The normalized spacial score (nSPS) is 28.2. The van der Waals surface area contributed by atoms with Crippen molar-refractivity contribution in [2.45, 2.75) is 90.3 Å². The fourth-order valence-electron chi connectivity index (χ4n) is 6.87. The Morgan fingerprint density at radius 3 is 2.47 bits per heavy atom. The van der Waals surface area contributed by atoms with E-state index in [1.807, 2.05) is 40.7 Å². The Bertz CT molecular complexity index is 1080. The van der Waals surface area contributed by atoms with Crippen LogP contribution in [0.1, 0.15) is 82.8 Å². The van der Waals surface area contributed by atoms with E-state index in [-0.39, 0.29) is 17.9 Å². The lowest BCUT2D eigenvalue weighted by molar-refractivity contribution is -0.133. The molecule has 1 aromatic heterocycles. The molecule has 3 atom stereocenters. The molecule has 1 aliphatic carbocycles. The largest absolute Gasteiger partial charge is 0.351 e. The summed E-state index contributed by atoms with van der Waals surface area (Å²) in [7, 11) is 0. The van der Waals surface area contributed by atoms with E-state index in [1.165, 1.54) is 19.3 Å². The summed E-state index contributed by atoms with van der Waals surface area (Å²) in [5.74, 6) is 1.72. The molecule has 7 nitrogen and oxygen atoms in total. The van der Waals surface area contributed by atoms with E-state index in [4.69, 9.17) is 0 Å². The number of likely N-dealkylation sites (tertiary alicyclic amines) is 1. The zero-order valence-corrected chi connectivity index (χ0v) is 22.3. The lowest BCUT2D eigenvalue weighted by Gasteiger charge is -2.44. The van der Waals surface area contributed by atoms with Crippen LogP contribution in [0.2, 0.25) is 0 Å². The first kappa shape index (κ1) is 25.2. The first-order chi connectivity index (χ1) is 17.3. The molecule has 3 heterocycles. The van der Waals surface area contributed by atoms with Crippen molar-refractivity contribution in [2.75, 3.05) is 26.2 Å². The van der Waals surface area contributed by atoms with Crippen molar-refractivity contribution >= 4 is 22.8 Å². The van der Waals surface area contributed by atoms with E-state index < -0.39 is 5.54 Å². The summed E-state index contributed by atoms with van der Waals surface area (Å²) >= 11 is 0. The fourth-order valence-corrected chi connectivity index (χ4v) is 6.87. The number of imidazole rings is 1. The number of fused-ring (bicyclic) bond motifs is 3. The zero-order valence-electron chi connectivity index (χ0n) is 22.3. The van der Waals surface area contributed by atoms with Crippen LogP contribution in [0.15, 0.2) is 24.3 Å². The van der Waals surface area contributed by atoms with E-state index >= 15 is 0 Å². The van der Waals surface area contributed by atoms with Gasteiger partial charge in [0.25, 0.3) is 5.91 Å². The summed E-state index contributed by atoms with van der Waals surface area (Å²) in [5, 5.41) is 3.37. The van der Waals surface area contributed by atoms with E-state index in [9.17, 15) is 9.59 Å². The average Bonchev–Trinajstić information content (AvgIpc) is 3.01. The van der Waals surface area contributed by atoms with Crippen molar-refractivity contribution in [1.29, 1.82) is 0 Å². The Kier molecular flexibility index (Phi) is 7.38. The summed E-state index contributed by atoms with van der Waals surface area (Å²) in [6.45, 7) is 10.8. The smallest absolute Gasteiger partial charge is 0.290 e. The highest BCUT2D eigenvalue weighted by Gasteiger charge is 2.48. The third kappa shape index (κ3) is 5.04. The zero-order chi connectivity index (χ0) is 25.3. The summed E-state index contributed by atoms with van der Waals surface area (Å²) in [5.41, 5.74) is 0.790. The Morgan fingerprint density at radius 2 is 1.75 bits per heavy atom. The Hall–Kier alpha value is -2.41. The van der Waals surface area contributed by atoms with Gasteiger partial charge in [-0.15, -0.1) is 0 Å². The summed E-state index contributed by atoms with van der Waals surface area (Å²) in [6.07, 6.45) is 9.01. The van der Waals surface area contributed by atoms with E-state index in [2.05, 4.69) is 29.0 Å². The number of aromatic nitrogens is 2. The van der Waals surface area contributed by atoms with Crippen molar-refractivity contribution in [3.63, 3.8) is 0 Å². The molecule has 1 N–H and O–H groups in total. The molecule has 36 heavy (non-hydrogen) atoms. The van der Waals surface area contributed by atoms with Crippen LogP contribution in [0.4, 0.5) is 0 Å². The molecular formula is C29H43N5O2. The van der Waals surface area contributed by atoms with Crippen LogP contribution < -0.4 is 5.32 Å². The van der Waals surface area contributed by atoms with Crippen LogP contribution in [0, 0.1) is 11.8 Å². The second kappa shape index (κ2) is 10.5. The number of para-hydroxylation sites is 2. The molecule has 7 heteroatoms. The Balaban J connectivity index is 1.38. The number of hydrogen-bond donors (Lipinski definition) is 1.